The predicted octanol–water partition coefficient (Wildman–Crippen LogP) is 9.88. The third kappa shape index (κ3) is 9.14. The summed E-state index contributed by atoms with van der Waals surface area (Å²) in [6.45, 7) is 8.90. The zero-order valence-corrected chi connectivity index (χ0v) is 32.8. The molecule has 52 heavy (non-hydrogen) atoms. The fraction of sp³-hybridized carbons (Fsp3) is 0.545. The Balaban J connectivity index is 1.91. The molecule has 8 nitrogen and oxygen atoms in total. The van der Waals surface area contributed by atoms with Crippen molar-refractivity contribution in [2.45, 2.75) is 129 Å². The lowest BCUT2D eigenvalue weighted by atomic mass is 9.84. The molecule has 0 aromatic heterocycles. The van der Waals surface area contributed by atoms with E-state index < -0.39 is 0 Å². The SMILES string of the molecule is CCCCC(OC)C1=CC2=CC3=NC(=CC4=NC(=CC5=NC(=C(C(CCCC)OC)C1=N2)C(C(CCCC)OC)=C5C(CCCC)OC)C=C4)C=C3. The van der Waals surface area contributed by atoms with Gasteiger partial charge in [0.05, 0.1) is 70.1 Å². The molecule has 0 amide bonds. The smallest absolute Gasteiger partial charge is 0.0863 e. The summed E-state index contributed by atoms with van der Waals surface area (Å²) in [5.41, 5.74) is 11.0. The number of hydrogen-bond donors (Lipinski definition) is 0. The maximum absolute atomic E-state index is 6.49. The molecule has 4 atom stereocenters. The number of fused-ring (bicyclic) bond motifs is 4. The van der Waals surface area contributed by atoms with Crippen LogP contribution in [0.2, 0.25) is 0 Å². The Hall–Kier alpha value is -3.56. The van der Waals surface area contributed by atoms with Crippen LogP contribution in [0.3, 0.4) is 0 Å². The number of rotatable bonds is 20. The van der Waals surface area contributed by atoms with Crippen molar-refractivity contribution in [3.8, 4) is 0 Å². The zero-order chi connectivity index (χ0) is 37.0. The molecule has 0 spiro atoms. The molecule has 0 radical (unpaired) electrons. The van der Waals surface area contributed by atoms with Crippen molar-refractivity contribution < 1.29 is 18.9 Å². The summed E-state index contributed by atoms with van der Waals surface area (Å²) in [7, 11) is 7.26. The van der Waals surface area contributed by atoms with Crippen LogP contribution in [0.5, 0.6) is 0 Å². The Kier molecular flexibility index (Phi) is 14.9. The van der Waals surface area contributed by atoms with Crippen LogP contribution in [-0.4, -0.2) is 75.7 Å². The molecule has 0 N–H and O–H groups in total. The van der Waals surface area contributed by atoms with Crippen LogP contribution >= 0.6 is 0 Å². The Labute approximate surface area is 312 Å². The van der Waals surface area contributed by atoms with E-state index in [1.165, 1.54) is 0 Å². The lowest BCUT2D eigenvalue weighted by molar-refractivity contribution is 0.108. The van der Waals surface area contributed by atoms with Gasteiger partial charge in [0.25, 0.3) is 0 Å². The van der Waals surface area contributed by atoms with Crippen molar-refractivity contribution in [1.82, 2.24) is 0 Å². The van der Waals surface area contributed by atoms with Gasteiger partial charge in [0, 0.05) is 50.7 Å². The van der Waals surface area contributed by atoms with Gasteiger partial charge in [-0.3, -0.25) is 0 Å². The highest BCUT2D eigenvalue weighted by Gasteiger charge is 2.40. The van der Waals surface area contributed by atoms with Crippen LogP contribution in [0.25, 0.3) is 0 Å². The van der Waals surface area contributed by atoms with Crippen molar-refractivity contribution >= 4 is 22.8 Å². The second kappa shape index (κ2) is 19.5. The van der Waals surface area contributed by atoms with E-state index in [0.29, 0.717) is 0 Å². The van der Waals surface area contributed by atoms with Gasteiger partial charge in [-0.2, -0.15) is 0 Å². The van der Waals surface area contributed by atoms with Crippen LogP contribution in [0, 0.1) is 0 Å². The number of hydrogen-bond acceptors (Lipinski definition) is 8. The lowest BCUT2D eigenvalue weighted by Gasteiger charge is -2.28. The molecule has 0 aliphatic carbocycles. The van der Waals surface area contributed by atoms with Gasteiger partial charge in [-0.1, -0.05) is 79.1 Å². The average Bonchev–Trinajstić information content (AvgIpc) is 3.96. The van der Waals surface area contributed by atoms with Crippen LogP contribution < -0.4 is 0 Å². The molecule has 5 heterocycles. The maximum Gasteiger partial charge on any atom is 0.0863 e. The fourth-order valence-corrected chi connectivity index (χ4v) is 7.54. The van der Waals surface area contributed by atoms with Gasteiger partial charge < -0.3 is 18.9 Å². The minimum Gasteiger partial charge on any atom is -0.377 e. The summed E-state index contributed by atoms with van der Waals surface area (Å²) in [5.74, 6) is 0. The molecular formula is C44H60N4O4. The Morgan fingerprint density at radius 1 is 0.462 bits per heavy atom. The number of methoxy groups -OCH3 is 4. The van der Waals surface area contributed by atoms with E-state index in [1.54, 1.807) is 0 Å². The summed E-state index contributed by atoms with van der Waals surface area (Å²) in [5, 5.41) is 0. The van der Waals surface area contributed by atoms with E-state index in [0.717, 1.165) is 145 Å². The number of unbranched alkanes of at least 4 members (excludes halogenated alkanes) is 4. The van der Waals surface area contributed by atoms with E-state index in [1.807, 2.05) is 52.7 Å². The van der Waals surface area contributed by atoms with Gasteiger partial charge in [0.1, 0.15) is 0 Å². The molecule has 4 unspecified atom stereocenters. The third-order valence-corrected chi connectivity index (χ3v) is 10.4. The second-order valence-electron chi connectivity index (χ2n) is 14.1. The third-order valence-electron chi connectivity index (χ3n) is 10.4. The first-order valence-electron chi connectivity index (χ1n) is 19.6. The van der Waals surface area contributed by atoms with Crippen LogP contribution in [-0.2, 0) is 18.9 Å². The minimum atomic E-state index is -0.263. The summed E-state index contributed by atoms with van der Waals surface area (Å²) < 4.78 is 25.6. The Morgan fingerprint density at radius 2 is 0.923 bits per heavy atom. The molecule has 0 saturated heterocycles. The molecule has 8 bridgehead atoms. The van der Waals surface area contributed by atoms with Crippen molar-refractivity contribution in [1.29, 1.82) is 0 Å². The van der Waals surface area contributed by atoms with Gasteiger partial charge in [-0.25, -0.2) is 20.0 Å². The zero-order valence-electron chi connectivity index (χ0n) is 32.8. The molecule has 5 aliphatic rings. The minimum absolute atomic E-state index is 0.146. The summed E-state index contributed by atoms with van der Waals surface area (Å²) in [6.07, 6.45) is 27.5. The quantitative estimate of drug-likeness (QED) is 0.126. The van der Waals surface area contributed by atoms with E-state index in [-0.39, 0.29) is 24.4 Å². The lowest BCUT2D eigenvalue weighted by Crippen LogP contribution is -2.29. The topological polar surface area (TPSA) is 86.4 Å². The number of allylic oxidation sites excluding steroid dienone is 8. The van der Waals surface area contributed by atoms with Gasteiger partial charge >= 0.3 is 0 Å². The van der Waals surface area contributed by atoms with Gasteiger partial charge in [0.2, 0.25) is 0 Å². The second-order valence-corrected chi connectivity index (χ2v) is 14.1. The van der Waals surface area contributed by atoms with Crippen LogP contribution in [0.15, 0.2) is 114 Å². The van der Waals surface area contributed by atoms with Crippen LogP contribution in [0.1, 0.15) is 105 Å². The number of ether oxygens (including phenoxy) is 4. The molecule has 8 heteroatoms. The van der Waals surface area contributed by atoms with Gasteiger partial charge in [-0.05, 0) is 74.3 Å². The number of aliphatic imine (C=N–C) groups is 4. The summed E-state index contributed by atoms with van der Waals surface area (Å²) in [6, 6.07) is 0. The highest BCUT2D eigenvalue weighted by Crippen LogP contribution is 2.42. The summed E-state index contributed by atoms with van der Waals surface area (Å²) in [4.78, 5) is 21.0. The Bertz CT molecular complexity index is 1690. The average molecular weight is 709 g/mol. The standard InChI is InChI=1S/C44H60N4O4/c1-9-13-17-36(49-5)34-27-33-26-31-22-21-29(45-31)25-30-23-24-32(46-30)28-35-40(37(50-6)18-14-10-2)41(38(51-7)19-15-11-3)44(48-35)42(43(34)47-33)39(52-8)20-16-12-4/h21-28,36-39H,9-20H2,1-8H3. The summed E-state index contributed by atoms with van der Waals surface area (Å²) >= 11 is 0. The van der Waals surface area contributed by atoms with E-state index in [2.05, 4.69) is 52.0 Å². The van der Waals surface area contributed by atoms with Crippen molar-refractivity contribution in [2.24, 2.45) is 20.0 Å². The molecule has 5 rings (SSSR count). The Morgan fingerprint density at radius 3 is 1.44 bits per heavy atom. The van der Waals surface area contributed by atoms with E-state index >= 15 is 0 Å². The van der Waals surface area contributed by atoms with E-state index in [9.17, 15) is 0 Å². The monoisotopic (exact) mass is 708 g/mol. The first-order chi connectivity index (χ1) is 25.4. The first kappa shape index (κ1) is 39.6. The normalized spacial score (nSPS) is 20.3. The molecule has 0 fully saturated rings. The van der Waals surface area contributed by atoms with Crippen molar-refractivity contribution in [3.63, 3.8) is 0 Å². The molecular weight excluding hydrogens is 649 g/mol. The van der Waals surface area contributed by atoms with Gasteiger partial charge in [0.15, 0.2) is 0 Å². The predicted molar refractivity (Wildman–Crippen MR) is 216 cm³/mol. The highest BCUT2D eigenvalue weighted by atomic mass is 16.5. The van der Waals surface area contributed by atoms with Gasteiger partial charge in [-0.15, -0.1) is 0 Å². The van der Waals surface area contributed by atoms with Crippen molar-refractivity contribution in [2.75, 3.05) is 28.4 Å². The van der Waals surface area contributed by atoms with Crippen molar-refractivity contribution in [3.05, 3.63) is 93.7 Å². The molecule has 0 aromatic rings. The number of nitrogens with zero attached hydrogens (tertiary/aromatic N) is 4. The molecule has 0 saturated carbocycles. The maximum atomic E-state index is 6.49. The molecule has 0 aromatic carbocycles. The van der Waals surface area contributed by atoms with E-state index in [4.69, 9.17) is 38.9 Å². The first-order valence-corrected chi connectivity index (χ1v) is 19.6. The molecule has 280 valence electrons. The van der Waals surface area contributed by atoms with Crippen LogP contribution in [0.4, 0.5) is 0 Å². The fourth-order valence-electron chi connectivity index (χ4n) is 7.54. The highest BCUT2D eigenvalue weighted by molar-refractivity contribution is 6.21. The largest absolute Gasteiger partial charge is 0.377 e. The molecule has 5 aliphatic heterocycles.